The summed E-state index contributed by atoms with van der Waals surface area (Å²) in [6, 6.07) is 4.24. The van der Waals surface area contributed by atoms with E-state index >= 15 is 0 Å². The van der Waals surface area contributed by atoms with Crippen molar-refractivity contribution in [2.45, 2.75) is 38.1 Å². The van der Waals surface area contributed by atoms with Crippen molar-refractivity contribution in [1.82, 2.24) is 0 Å². The van der Waals surface area contributed by atoms with E-state index in [0.29, 0.717) is 23.6 Å². The molecule has 3 heteroatoms. The lowest BCUT2D eigenvalue weighted by Crippen LogP contribution is -2.51. The first-order chi connectivity index (χ1) is 9.19. The van der Waals surface area contributed by atoms with Crippen molar-refractivity contribution in [3.05, 3.63) is 29.8 Å². The third kappa shape index (κ3) is 1.94. The fourth-order valence-corrected chi connectivity index (χ4v) is 4.95. The largest absolute Gasteiger partial charge is 0.379 e. The van der Waals surface area contributed by atoms with E-state index in [-0.39, 0.29) is 0 Å². The van der Waals surface area contributed by atoms with Gasteiger partial charge in [0.1, 0.15) is 11.6 Å². The Morgan fingerprint density at radius 2 is 1.53 bits per heavy atom. The van der Waals surface area contributed by atoms with Crippen LogP contribution in [0.4, 0.5) is 14.5 Å². The third-order valence-corrected chi connectivity index (χ3v) is 5.48. The van der Waals surface area contributed by atoms with Crippen LogP contribution >= 0.6 is 0 Å². The van der Waals surface area contributed by atoms with Crippen LogP contribution < -0.4 is 5.32 Å². The van der Waals surface area contributed by atoms with Gasteiger partial charge < -0.3 is 5.32 Å². The van der Waals surface area contributed by atoms with Gasteiger partial charge in [-0.3, -0.25) is 0 Å². The summed E-state index contributed by atoms with van der Waals surface area (Å²) in [6.07, 6.45) is 6.62. The lowest BCUT2D eigenvalue weighted by atomic mass is 9.54. The molecule has 0 aliphatic heterocycles. The third-order valence-electron chi connectivity index (χ3n) is 5.48. The van der Waals surface area contributed by atoms with Gasteiger partial charge in [-0.25, -0.2) is 8.78 Å². The molecule has 0 aromatic heterocycles. The predicted molar refractivity (Wildman–Crippen MR) is 70.8 cm³/mol. The van der Waals surface area contributed by atoms with Gasteiger partial charge in [0, 0.05) is 12.1 Å². The van der Waals surface area contributed by atoms with Crippen molar-refractivity contribution in [1.29, 1.82) is 0 Å². The van der Waals surface area contributed by atoms with E-state index in [2.05, 4.69) is 5.32 Å². The summed E-state index contributed by atoms with van der Waals surface area (Å²) in [5, 5.41) is 3.38. The van der Waals surface area contributed by atoms with Gasteiger partial charge in [-0.1, -0.05) is 0 Å². The average Bonchev–Trinajstić information content (AvgIpc) is 2.35. The van der Waals surface area contributed by atoms with Crippen LogP contribution in [0.5, 0.6) is 0 Å². The monoisotopic (exact) mass is 263 g/mol. The number of anilines is 1. The number of benzene rings is 1. The molecule has 102 valence electrons. The Kier molecular flexibility index (Phi) is 2.58. The molecule has 1 nitrogen and oxygen atoms in total. The Labute approximate surface area is 112 Å². The molecule has 0 saturated heterocycles. The smallest absolute Gasteiger partial charge is 0.149 e. The summed E-state index contributed by atoms with van der Waals surface area (Å²) in [4.78, 5) is 0. The van der Waals surface area contributed by atoms with Crippen LogP contribution in [0.2, 0.25) is 0 Å². The van der Waals surface area contributed by atoms with Crippen LogP contribution in [0.1, 0.15) is 32.1 Å². The highest BCUT2D eigenvalue weighted by Gasteiger charge is 2.48. The number of rotatable bonds is 2. The Balaban J connectivity index is 1.56. The molecule has 5 rings (SSSR count). The van der Waals surface area contributed by atoms with Gasteiger partial charge in [0.2, 0.25) is 0 Å². The zero-order chi connectivity index (χ0) is 13.0. The normalized spacial score (nSPS) is 39.6. The molecule has 0 heterocycles. The van der Waals surface area contributed by atoms with E-state index in [1.165, 1.54) is 44.2 Å². The Morgan fingerprint density at radius 3 is 2.11 bits per heavy atom. The van der Waals surface area contributed by atoms with Crippen molar-refractivity contribution in [3.63, 3.8) is 0 Å². The lowest BCUT2D eigenvalue weighted by molar-refractivity contribution is 0.00744. The summed E-state index contributed by atoms with van der Waals surface area (Å²) < 4.78 is 26.7. The molecule has 4 aliphatic carbocycles. The van der Waals surface area contributed by atoms with Crippen LogP contribution in [-0.4, -0.2) is 6.04 Å². The number of hydrogen-bond donors (Lipinski definition) is 1. The average molecular weight is 263 g/mol. The van der Waals surface area contributed by atoms with Gasteiger partial charge >= 0.3 is 0 Å². The summed E-state index contributed by atoms with van der Waals surface area (Å²) in [7, 11) is 0. The molecule has 0 atom stereocenters. The summed E-state index contributed by atoms with van der Waals surface area (Å²) in [5.41, 5.74) is 0.471. The number of nitrogens with one attached hydrogen (secondary N) is 1. The second-order valence-corrected chi connectivity index (χ2v) is 6.73. The molecular formula is C16H19F2N. The second kappa shape index (κ2) is 4.19. The molecule has 1 aromatic rings. The van der Waals surface area contributed by atoms with E-state index in [1.54, 1.807) is 0 Å². The maximum atomic E-state index is 13.8. The van der Waals surface area contributed by atoms with Gasteiger partial charge in [0.25, 0.3) is 0 Å². The molecule has 4 fully saturated rings. The maximum absolute atomic E-state index is 13.8. The van der Waals surface area contributed by atoms with Gasteiger partial charge in [0.05, 0.1) is 5.69 Å². The summed E-state index contributed by atoms with van der Waals surface area (Å²) in [6.45, 7) is 0. The van der Waals surface area contributed by atoms with Crippen LogP contribution in [0.15, 0.2) is 18.2 Å². The number of halogens is 2. The van der Waals surface area contributed by atoms with E-state index in [4.69, 9.17) is 0 Å². The van der Waals surface area contributed by atoms with Crippen molar-refractivity contribution in [2.24, 2.45) is 23.7 Å². The molecule has 19 heavy (non-hydrogen) atoms. The Hall–Kier alpha value is -1.12. The minimum atomic E-state index is -0.506. The molecule has 1 N–H and O–H groups in total. The highest BCUT2D eigenvalue weighted by atomic mass is 19.1. The molecule has 0 amide bonds. The van der Waals surface area contributed by atoms with Gasteiger partial charge in [0.15, 0.2) is 0 Å². The molecule has 4 saturated carbocycles. The predicted octanol–water partition coefficient (Wildman–Crippen LogP) is 4.20. The van der Waals surface area contributed by atoms with E-state index in [0.717, 1.165) is 17.9 Å². The van der Waals surface area contributed by atoms with Crippen LogP contribution in [0, 0.1) is 35.3 Å². The molecule has 0 spiro atoms. The first-order valence-corrected chi connectivity index (χ1v) is 7.40. The molecule has 4 bridgehead atoms. The molecule has 1 aromatic carbocycles. The summed E-state index contributed by atoms with van der Waals surface area (Å²) in [5.74, 6) is 2.25. The lowest BCUT2D eigenvalue weighted by Gasteiger charge is -2.54. The highest BCUT2D eigenvalue weighted by molar-refractivity contribution is 5.46. The molecule has 0 radical (unpaired) electrons. The fraction of sp³-hybridized carbons (Fsp3) is 0.625. The van der Waals surface area contributed by atoms with E-state index in [1.807, 2.05) is 0 Å². The minimum absolute atomic E-state index is 0.396. The van der Waals surface area contributed by atoms with Crippen molar-refractivity contribution >= 4 is 5.69 Å². The molecule has 0 unspecified atom stereocenters. The maximum Gasteiger partial charge on any atom is 0.149 e. The topological polar surface area (TPSA) is 12.0 Å². The molecular weight excluding hydrogens is 244 g/mol. The standard InChI is InChI=1S/C16H19F2N/c17-13-1-2-15(14(18)8-13)19-16-11-4-9-3-10(6-11)7-12(16)5-9/h1-2,8-12,16,19H,3-7H2. The molecule has 4 aliphatic rings. The second-order valence-electron chi connectivity index (χ2n) is 6.73. The Bertz CT molecular complexity index is 472. The van der Waals surface area contributed by atoms with Crippen molar-refractivity contribution < 1.29 is 8.78 Å². The minimum Gasteiger partial charge on any atom is -0.379 e. The summed E-state index contributed by atoms with van der Waals surface area (Å²) >= 11 is 0. The first-order valence-electron chi connectivity index (χ1n) is 7.40. The van der Waals surface area contributed by atoms with E-state index < -0.39 is 11.6 Å². The van der Waals surface area contributed by atoms with Crippen LogP contribution in [0.25, 0.3) is 0 Å². The van der Waals surface area contributed by atoms with Crippen molar-refractivity contribution in [3.8, 4) is 0 Å². The van der Waals surface area contributed by atoms with E-state index in [9.17, 15) is 8.78 Å². The fourth-order valence-electron chi connectivity index (χ4n) is 4.95. The van der Waals surface area contributed by atoms with Gasteiger partial charge in [-0.2, -0.15) is 0 Å². The highest BCUT2D eigenvalue weighted by Crippen LogP contribution is 2.54. The SMILES string of the molecule is Fc1ccc(NC2C3CC4CC(C3)CC2C4)c(F)c1. The van der Waals surface area contributed by atoms with Crippen LogP contribution in [0.3, 0.4) is 0 Å². The van der Waals surface area contributed by atoms with Gasteiger partial charge in [-0.05, 0) is 67.9 Å². The Morgan fingerprint density at radius 1 is 0.895 bits per heavy atom. The zero-order valence-corrected chi connectivity index (χ0v) is 10.9. The zero-order valence-electron chi connectivity index (χ0n) is 10.9. The van der Waals surface area contributed by atoms with Gasteiger partial charge in [-0.15, -0.1) is 0 Å². The first kappa shape index (κ1) is 11.7. The quantitative estimate of drug-likeness (QED) is 0.843. The van der Waals surface area contributed by atoms with Crippen LogP contribution in [-0.2, 0) is 0 Å². The number of hydrogen-bond acceptors (Lipinski definition) is 1. The van der Waals surface area contributed by atoms with Crippen molar-refractivity contribution in [2.75, 3.05) is 5.32 Å².